The van der Waals surface area contributed by atoms with E-state index in [0.717, 1.165) is 18.4 Å². The lowest BCUT2D eigenvalue weighted by Crippen LogP contribution is -2.46. The molecule has 134 valence electrons. The summed E-state index contributed by atoms with van der Waals surface area (Å²) in [5, 5.41) is 3.63. The van der Waals surface area contributed by atoms with Crippen molar-refractivity contribution in [3.63, 3.8) is 0 Å². The highest BCUT2D eigenvalue weighted by Gasteiger charge is 2.24. The number of piperidine rings is 1. The number of likely N-dealkylation sites (tertiary alicyclic amines) is 1. The van der Waals surface area contributed by atoms with Gasteiger partial charge in [0.2, 0.25) is 5.91 Å². The Kier molecular flexibility index (Phi) is 6.02. The number of nitrogens with one attached hydrogen (secondary N) is 1. The molecule has 1 aromatic carbocycles. The first kappa shape index (κ1) is 18.1. The van der Waals surface area contributed by atoms with Crippen LogP contribution in [-0.2, 0) is 4.79 Å². The van der Waals surface area contributed by atoms with Gasteiger partial charge in [0.25, 0.3) is 5.91 Å². The standard InChI is InChI=1S/C20H20ClN3O2/c21-17-5-1-3-15(13-17)6-7-19(25)23-18-8-11-24(12-9-18)20(26)16-4-2-10-22-14-16/h1-7,10,13-14,18H,8-9,11-12H2,(H,23,25)/b7-6+. The van der Waals surface area contributed by atoms with Crippen molar-refractivity contribution >= 4 is 29.5 Å². The molecule has 1 N–H and O–H groups in total. The highest BCUT2D eigenvalue weighted by Crippen LogP contribution is 2.14. The molecule has 2 aromatic rings. The second-order valence-corrected chi connectivity index (χ2v) is 6.64. The average Bonchev–Trinajstić information content (AvgIpc) is 2.67. The van der Waals surface area contributed by atoms with Crippen LogP contribution in [0.25, 0.3) is 6.08 Å². The zero-order chi connectivity index (χ0) is 18.4. The predicted molar refractivity (Wildman–Crippen MR) is 102 cm³/mol. The van der Waals surface area contributed by atoms with E-state index >= 15 is 0 Å². The number of hydrogen-bond acceptors (Lipinski definition) is 3. The molecule has 0 atom stereocenters. The highest BCUT2D eigenvalue weighted by molar-refractivity contribution is 6.30. The van der Waals surface area contributed by atoms with Crippen LogP contribution in [0.3, 0.4) is 0 Å². The van der Waals surface area contributed by atoms with Gasteiger partial charge in [0.15, 0.2) is 0 Å². The smallest absolute Gasteiger partial charge is 0.255 e. The van der Waals surface area contributed by atoms with Crippen LogP contribution in [-0.4, -0.2) is 40.8 Å². The Labute approximate surface area is 157 Å². The van der Waals surface area contributed by atoms with Crippen molar-refractivity contribution in [1.29, 1.82) is 0 Å². The molecule has 2 heterocycles. The Morgan fingerprint density at radius 2 is 2.00 bits per heavy atom. The number of hydrogen-bond donors (Lipinski definition) is 1. The molecule has 1 aliphatic rings. The molecule has 1 fully saturated rings. The molecule has 0 bridgehead atoms. The SMILES string of the molecule is O=C(/C=C/c1cccc(Cl)c1)NC1CCN(C(=O)c2cccnc2)CC1. The van der Waals surface area contributed by atoms with Crippen LogP contribution in [0.4, 0.5) is 0 Å². The van der Waals surface area contributed by atoms with Gasteiger partial charge in [0.05, 0.1) is 5.56 Å². The number of carbonyl (C=O) groups excluding carboxylic acids is 2. The van der Waals surface area contributed by atoms with Gasteiger partial charge in [-0.05, 0) is 48.7 Å². The molecule has 0 spiro atoms. The van der Waals surface area contributed by atoms with Crippen LogP contribution in [0.5, 0.6) is 0 Å². The number of benzene rings is 1. The molecule has 6 heteroatoms. The molecule has 0 aliphatic carbocycles. The first-order valence-electron chi connectivity index (χ1n) is 8.55. The van der Waals surface area contributed by atoms with Crippen LogP contribution in [0.1, 0.15) is 28.8 Å². The molecule has 5 nitrogen and oxygen atoms in total. The van der Waals surface area contributed by atoms with Crippen molar-refractivity contribution < 1.29 is 9.59 Å². The third kappa shape index (κ3) is 4.92. The van der Waals surface area contributed by atoms with E-state index in [1.54, 1.807) is 42.7 Å². The first-order valence-corrected chi connectivity index (χ1v) is 8.93. The fourth-order valence-corrected chi connectivity index (χ4v) is 3.13. The Hall–Kier alpha value is -2.66. The van der Waals surface area contributed by atoms with E-state index in [4.69, 9.17) is 11.6 Å². The molecule has 0 unspecified atom stereocenters. The van der Waals surface area contributed by atoms with Gasteiger partial charge >= 0.3 is 0 Å². The third-order valence-corrected chi connectivity index (χ3v) is 4.55. The maximum atomic E-state index is 12.4. The minimum Gasteiger partial charge on any atom is -0.350 e. The van der Waals surface area contributed by atoms with Gasteiger partial charge in [-0.2, -0.15) is 0 Å². The van der Waals surface area contributed by atoms with E-state index in [-0.39, 0.29) is 17.9 Å². The summed E-state index contributed by atoms with van der Waals surface area (Å²) < 4.78 is 0. The van der Waals surface area contributed by atoms with Gasteiger partial charge in [0.1, 0.15) is 0 Å². The van der Waals surface area contributed by atoms with Gasteiger partial charge < -0.3 is 10.2 Å². The fraction of sp³-hybridized carbons (Fsp3) is 0.250. The molecule has 0 saturated carbocycles. The number of carbonyl (C=O) groups is 2. The van der Waals surface area contributed by atoms with Crippen molar-refractivity contribution in [2.24, 2.45) is 0 Å². The lowest BCUT2D eigenvalue weighted by atomic mass is 10.0. The topological polar surface area (TPSA) is 62.3 Å². The van der Waals surface area contributed by atoms with Crippen LogP contribution in [0, 0.1) is 0 Å². The van der Waals surface area contributed by atoms with Crippen molar-refractivity contribution in [2.45, 2.75) is 18.9 Å². The first-order chi connectivity index (χ1) is 12.6. The Bertz CT molecular complexity index is 800. The fourth-order valence-electron chi connectivity index (χ4n) is 2.93. The minimum absolute atomic E-state index is 0.0104. The Morgan fingerprint density at radius 1 is 1.19 bits per heavy atom. The lowest BCUT2D eigenvalue weighted by Gasteiger charge is -2.32. The molecule has 1 aliphatic heterocycles. The zero-order valence-corrected chi connectivity index (χ0v) is 15.0. The van der Waals surface area contributed by atoms with E-state index in [2.05, 4.69) is 10.3 Å². The minimum atomic E-state index is -0.137. The van der Waals surface area contributed by atoms with Gasteiger partial charge in [-0.15, -0.1) is 0 Å². The van der Waals surface area contributed by atoms with E-state index < -0.39 is 0 Å². The summed E-state index contributed by atoms with van der Waals surface area (Å²) >= 11 is 5.93. The summed E-state index contributed by atoms with van der Waals surface area (Å²) in [5.41, 5.74) is 1.48. The second-order valence-electron chi connectivity index (χ2n) is 6.21. The Morgan fingerprint density at radius 3 is 2.69 bits per heavy atom. The maximum absolute atomic E-state index is 12.4. The van der Waals surface area contributed by atoms with Gasteiger partial charge in [-0.3, -0.25) is 14.6 Å². The normalized spacial score (nSPS) is 15.2. The van der Waals surface area contributed by atoms with Crippen molar-refractivity contribution in [3.8, 4) is 0 Å². The second kappa shape index (κ2) is 8.63. The molecule has 0 radical (unpaired) electrons. The third-order valence-electron chi connectivity index (χ3n) is 4.31. The summed E-state index contributed by atoms with van der Waals surface area (Å²) in [6.07, 6.45) is 7.96. The molecule has 1 saturated heterocycles. The number of pyridine rings is 1. The van der Waals surface area contributed by atoms with Crippen LogP contribution >= 0.6 is 11.6 Å². The number of rotatable bonds is 4. The van der Waals surface area contributed by atoms with Crippen molar-refractivity contribution in [2.75, 3.05) is 13.1 Å². The van der Waals surface area contributed by atoms with Crippen molar-refractivity contribution in [3.05, 3.63) is 71.0 Å². The largest absolute Gasteiger partial charge is 0.350 e. The number of halogens is 1. The summed E-state index contributed by atoms with van der Waals surface area (Å²) in [7, 11) is 0. The van der Waals surface area contributed by atoms with Gasteiger partial charge in [-0.1, -0.05) is 23.7 Å². The molecule has 3 rings (SSSR count). The molecule has 2 amide bonds. The molecular formula is C20H20ClN3O2. The van der Waals surface area contributed by atoms with Crippen LogP contribution in [0.15, 0.2) is 54.9 Å². The molecule has 26 heavy (non-hydrogen) atoms. The predicted octanol–water partition coefficient (Wildman–Crippen LogP) is 3.17. The highest BCUT2D eigenvalue weighted by atomic mass is 35.5. The number of amides is 2. The summed E-state index contributed by atoms with van der Waals surface area (Å²) in [5.74, 6) is -0.147. The van der Waals surface area contributed by atoms with E-state index in [9.17, 15) is 9.59 Å². The molecular weight excluding hydrogens is 350 g/mol. The van der Waals surface area contributed by atoms with Crippen molar-refractivity contribution in [1.82, 2.24) is 15.2 Å². The van der Waals surface area contributed by atoms with Gasteiger partial charge in [-0.25, -0.2) is 0 Å². The Balaban J connectivity index is 1.48. The van der Waals surface area contributed by atoms with E-state index in [1.165, 1.54) is 6.08 Å². The quantitative estimate of drug-likeness (QED) is 0.842. The van der Waals surface area contributed by atoms with Gasteiger partial charge in [0, 0.05) is 42.6 Å². The average molecular weight is 370 g/mol. The summed E-state index contributed by atoms with van der Waals surface area (Å²) in [4.78, 5) is 30.3. The van der Waals surface area contributed by atoms with E-state index in [1.807, 2.05) is 17.0 Å². The number of nitrogens with zero attached hydrogens (tertiary/aromatic N) is 2. The zero-order valence-electron chi connectivity index (χ0n) is 14.3. The summed E-state index contributed by atoms with van der Waals surface area (Å²) in [6, 6.07) is 10.9. The van der Waals surface area contributed by atoms with Crippen LogP contribution < -0.4 is 5.32 Å². The maximum Gasteiger partial charge on any atom is 0.255 e. The lowest BCUT2D eigenvalue weighted by molar-refractivity contribution is -0.117. The summed E-state index contributed by atoms with van der Waals surface area (Å²) in [6.45, 7) is 1.24. The number of aromatic nitrogens is 1. The van der Waals surface area contributed by atoms with Crippen LogP contribution in [0.2, 0.25) is 5.02 Å². The van der Waals surface area contributed by atoms with E-state index in [0.29, 0.717) is 23.7 Å². The monoisotopic (exact) mass is 369 g/mol. The molecule has 1 aromatic heterocycles.